The number of likely N-dealkylation sites (N-methyl/N-ethyl adjacent to an activating group) is 1. The molecular formula is C28H52N6O4. The highest BCUT2D eigenvalue weighted by Crippen LogP contribution is 2.12. The molecule has 0 unspecified atom stereocenters. The number of benzene rings is 1. The van der Waals surface area contributed by atoms with E-state index in [9.17, 15) is 9.59 Å². The highest BCUT2D eigenvalue weighted by molar-refractivity contribution is 5.97. The van der Waals surface area contributed by atoms with Crippen LogP contribution in [0.5, 0.6) is 0 Å². The van der Waals surface area contributed by atoms with Gasteiger partial charge in [-0.1, -0.05) is 57.9 Å². The highest BCUT2D eigenvalue weighted by Gasteiger charge is 2.16. The van der Waals surface area contributed by atoms with Crippen molar-refractivity contribution in [2.75, 3.05) is 26.8 Å². The number of ether oxygens (including phenoxy) is 1. The zero-order valence-electron chi connectivity index (χ0n) is 24.3. The first-order chi connectivity index (χ1) is 18.1. The molecule has 0 fully saturated rings. The molecule has 218 valence electrons. The number of amidine groups is 1. The first kappa shape index (κ1) is 37.3. The Morgan fingerprint density at radius 3 is 2.37 bits per heavy atom. The third-order valence-corrected chi connectivity index (χ3v) is 5.12. The van der Waals surface area contributed by atoms with Crippen molar-refractivity contribution in [1.29, 1.82) is 0 Å². The smallest absolute Gasteiger partial charge is 0.220 e. The number of nitrogens with zero attached hydrogens (tertiary/aromatic N) is 2. The Hall–Kier alpha value is -2.82. The van der Waals surface area contributed by atoms with E-state index in [1.54, 1.807) is 12.1 Å². The van der Waals surface area contributed by atoms with Crippen molar-refractivity contribution in [3.8, 4) is 0 Å². The number of nitrogens with one attached hydrogen (secondary N) is 2. The first-order valence-electron chi connectivity index (χ1n) is 13.3. The summed E-state index contributed by atoms with van der Waals surface area (Å²) in [7, 11) is 1.89. The van der Waals surface area contributed by atoms with Gasteiger partial charge < -0.3 is 36.7 Å². The van der Waals surface area contributed by atoms with E-state index in [4.69, 9.17) is 21.3 Å². The molecule has 0 aromatic heterocycles. The van der Waals surface area contributed by atoms with Crippen LogP contribution in [0.4, 0.5) is 0 Å². The number of nitrogens with two attached hydrogens (primary N) is 2. The Morgan fingerprint density at radius 2 is 1.89 bits per heavy atom. The van der Waals surface area contributed by atoms with Crippen molar-refractivity contribution in [1.82, 2.24) is 10.6 Å². The number of hydrogen-bond donors (Lipinski definition) is 5. The van der Waals surface area contributed by atoms with Crippen molar-refractivity contribution in [3.05, 3.63) is 35.4 Å². The van der Waals surface area contributed by atoms with Crippen LogP contribution < -0.4 is 22.1 Å². The van der Waals surface area contributed by atoms with E-state index in [-0.39, 0.29) is 24.0 Å². The van der Waals surface area contributed by atoms with Gasteiger partial charge in [0.25, 0.3) is 0 Å². The zero-order valence-corrected chi connectivity index (χ0v) is 24.3. The van der Waals surface area contributed by atoms with Crippen molar-refractivity contribution in [2.24, 2.45) is 27.6 Å². The Kier molecular flexibility index (Phi) is 24.1. The largest absolute Gasteiger partial charge is 0.396 e. The van der Waals surface area contributed by atoms with E-state index in [1.165, 1.54) is 12.8 Å². The summed E-state index contributed by atoms with van der Waals surface area (Å²) in [5.41, 5.74) is 12.3. The number of aliphatic hydroxyl groups excluding tert-OH is 1. The normalized spacial score (nSPS) is 11.4. The number of aldehydes is 1. The van der Waals surface area contributed by atoms with Gasteiger partial charge in [-0.3, -0.25) is 4.79 Å². The molecule has 1 aromatic rings. The molecule has 7 N–H and O–H groups in total. The second-order valence-corrected chi connectivity index (χ2v) is 9.65. The van der Waals surface area contributed by atoms with Crippen LogP contribution in [0, 0.1) is 5.92 Å². The minimum absolute atomic E-state index is 0.0701. The van der Waals surface area contributed by atoms with E-state index in [0.717, 1.165) is 36.2 Å². The van der Waals surface area contributed by atoms with Crippen molar-refractivity contribution < 1.29 is 19.4 Å². The Morgan fingerprint density at radius 1 is 1.24 bits per heavy atom. The molecule has 38 heavy (non-hydrogen) atoms. The van der Waals surface area contributed by atoms with Gasteiger partial charge in [-0.25, -0.2) is 0 Å². The number of hydrogen-bond acceptors (Lipinski definition) is 7. The highest BCUT2D eigenvalue weighted by atomic mass is 16.5. The summed E-state index contributed by atoms with van der Waals surface area (Å²) >= 11 is 0. The molecule has 0 aliphatic rings. The van der Waals surface area contributed by atoms with E-state index >= 15 is 0 Å². The van der Waals surface area contributed by atoms with Crippen molar-refractivity contribution >= 4 is 24.4 Å². The molecule has 0 heterocycles. The Balaban J connectivity index is 0. The second-order valence-electron chi connectivity index (χ2n) is 9.65. The molecule has 0 atom stereocenters. The summed E-state index contributed by atoms with van der Waals surface area (Å²) in [6, 6.07) is 7.27. The summed E-state index contributed by atoms with van der Waals surface area (Å²) in [4.78, 5) is 21.6. The SMILES string of the molecule is CCCC(C)C.CNCCOC(C)(C)CCO.N/C=N\N=C(/N)c1ccc(CNC(=O)CCCC=O)cc1. The molecule has 0 saturated carbocycles. The number of unbranched alkanes of at least 4 members (excludes halogenated alkanes) is 1. The van der Waals surface area contributed by atoms with Gasteiger partial charge in [0.15, 0.2) is 5.84 Å². The maximum atomic E-state index is 11.5. The van der Waals surface area contributed by atoms with E-state index in [1.807, 2.05) is 33.0 Å². The Labute approximate surface area is 229 Å². The lowest BCUT2D eigenvalue weighted by Gasteiger charge is -2.24. The molecule has 1 amide bonds. The van der Waals surface area contributed by atoms with Gasteiger partial charge in [0.05, 0.1) is 12.2 Å². The number of carbonyl (C=O) groups excluding carboxylic acids is 2. The third kappa shape index (κ3) is 23.6. The third-order valence-electron chi connectivity index (χ3n) is 5.12. The topological polar surface area (TPSA) is 164 Å². The summed E-state index contributed by atoms with van der Waals surface area (Å²) in [5.74, 6) is 1.09. The summed E-state index contributed by atoms with van der Waals surface area (Å²) in [6.45, 7) is 12.9. The second kappa shape index (κ2) is 24.5. The van der Waals surface area contributed by atoms with E-state index in [2.05, 4.69) is 41.6 Å². The van der Waals surface area contributed by atoms with Gasteiger partial charge in [0.1, 0.15) is 12.6 Å². The molecule has 0 radical (unpaired) electrons. The van der Waals surface area contributed by atoms with Crippen molar-refractivity contribution in [3.63, 3.8) is 0 Å². The van der Waals surface area contributed by atoms with Crippen LogP contribution in [-0.4, -0.2) is 61.9 Å². The predicted molar refractivity (Wildman–Crippen MR) is 157 cm³/mol. The van der Waals surface area contributed by atoms with Crippen LogP contribution in [0.1, 0.15) is 84.3 Å². The van der Waals surface area contributed by atoms with Crippen LogP contribution in [0.25, 0.3) is 0 Å². The minimum Gasteiger partial charge on any atom is -0.396 e. The monoisotopic (exact) mass is 536 g/mol. The fraction of sp³-hybridized carbons (Fsp3) is 0.643. The van der Waals surface area contributed by atoms with Crippen molar-refractivity contribution in [2.45, 2.75) is 85.3 Å². The average Bonchev–Trinajstić information content (AvgIpc) is 2.87. The van der Waals surface area contributed by atoms with Crippen LogP contribution in [0.3, 0.4) is 0 Å². The first-order valence-corrected chi connectivity index (χ1v) is 13.3. The lowest BCUT2D eigenvalue weighted by Crippen LogP contribution is -2.29. The summed E-state index contributed by atoms with van der Waals surface area (Å²) < 4.78 is 5.49. The average molecular weight is 537 g/mol. The molecule has 10 nitrogen and oxygen atoms in total. The van der Waals surface area contributed by atoms with Crippen LogP contribution in [-0.2, 0) is 20.9 Å². The molecule has 0 saturated heterocycles. The van der Waals surface area contributed by atoms with Crippen LogP contribution >= 0.6 is 0 Å². The molecule has 0 spiro atoms. The summed E-state index contributed by atoms with van der Waals surface area (Å²) in [5, 5.41) is 21.6. The number of carbonyl (C=O) groups is 2. The zero-order chi connectivity index (χ0) is 29.2. The lowest BCUT2D eigenvalue weighted by atomic mass is 10.1. The fourth-order valence-electron chi connectivity index (χ4n) is 2.93. The van der Waals surface area contributed by atoms with Gasteiger partial charge in [-0.2, -0.15) is 0 Å². The maximum absolute atomic E-state index is 11.5. The van der Waals surface area contributed by atoms with E-state index in [0.29, 0.717) is 38.8 Å². The minimum atomic E-state index is -0.189. The quantitative estimate of drug-likeness (QED) is 0.0712. The Bertz CT molecular complexity index is 780. The van der Waals surface area contributed by atoms with Crippen LogP contribution in [0.15, 0.2) is 34.5 Å². The maximum Gasteiger partial charge on any atom is 0.220 e. The molecule has 0 aliphatic heterocycles. The molecule has 1 aromatic carbocycles. The van der Waals surface area contributed by atoms with Gasteiger partial charge in [-0.15, -0.1) is 10.2 Å². The predicted octanol–water partition coefficient (Wildman–Crippen LogP) is 3.11. The molecule has 1 rings (SSSR count). The molecular weight excluding hydrogens is 484 g/mol. The van der Waals surface area contributed by atoms with Gasteiger partial charge >= 0.3 is 0 Å². The molecule has 0 bridgehead atoms. The van der Waals surface area contributed by atoms with Gasteiger partial charge in [0.2, 0.25) is 5.91 Å². The number of amides is 1. The number of aliphatic hydroxyl groups is 1. The summed E-state index contributed by atoms with van der Waals surface area (Å²) in [6.07, 6.45) is 6.60. The molecule has 0 aliphatic carbocycles. The molecule has 10 heteroatoms. The van der Waals surface area contributed by atoms with Gasteiger partial charge in [0, 0.05) is 38.1 Å². The lowest BCUT2D eigenvalue weighted by molar-refractivity contribution is -0.121. The standard InChI is InChI=1S/C14H19N5O2.C8H19NO2.C6H14/c15-10-18-19-14(16)12-6-4-11(5-7-12)9-17-13(21)3-1-2-8-20;1-8(2,4-6-10)11-7-5-9-3;1-4-5-6(2)3/h4-8,10H,1-3,9H2,(H2,15,18)(H2,16,19)(H,17,21);9-10H,4-7H2,1-3H3;6H,4-5H2,1-3H3. The van der Waals surface area contributed by atoms with E-state index < -0.39 is 0 Å². The fourth-order valence-corrected chi connectivity index (χ4v) is 2.93. The number of rotatable bonds is 16. The van der Waals surface area contributed by atoms with Gasteiger partial charge in [-0.05, 0) is 45.2 Å². The van der Waals surface area contributed by atoms with Crippen LogP contribution in [0.2, 0.25) is 0 Å².